The van der Waals surface area contributed by atoms with Gasteiger partial charge in [-0.25, -0.2) is 9.37 Å². The standard InChI is InChI=1S/C16H17FN2O3S/c1-21-9-15-18-13(10-23-15)16(20)19-6-7-22-14(8-19)11-2-4-12(17)5-3-11/h2-5,10,14H,6-9H2,1H3/t14-/m0/s1. The minimum atomic E-state index is -0.286. The Morgan fingerprint density at radius 2 is 2.26 bits per heavy atom. The van der Waals surface area contributed by atoms with Crippen LogP contribution in [0.5, 0.6) is 0 Å². The Labute approximate surface area is 137 Å². The highest BCUT2D eigenvalue weighted by atomic mass is 32.1. The van der Waals surface area contributed by atoms with E-state index in [0.717, 1.165) is 10.6 Å². The molecule has 1 atom stereocenters. The van der Waals surface area contributed by atoms with Gasteiger partial charge in [-0.3, -0.25) is 4.79 Å². The Morgan fingerprint density at radius 3 is 3.00 bits per heavy atom. The van der Waals surface area contributed by atoms with Gasteiger partial charge in [0, 0.05) is 19.0 Å². The predicted molar refractivity (Wildman–Crippen MR) is 83.8 cm³/mol. The maximum absolute atomic E-state index is 13.0. The Morgan fingerprint density at radius 1 is 1.48 bits per heavy atom. The molecule has 0 aliphatic carbocycles. The van der Waals surface area contributed by atoms with Gasteiger partial charge in [-0.2, -0.15) is 0 Å². The molecule has 5 nitrogen and oxygen atoms in total. The van der Waals surface area contributed by atoms with Crippen LogP contribution in [0.15, 0.2) is 29.6 Å². The SMILES string of the molecule is COCc1nc(C(=O)N2CCO[C@H](c3ccc(F)cc3)C2)cs1. The van der Waals surface area contributed by atoms with Crippen molar-refractivity contribution in [2.45, 2.75) is 12.7 Å². The van der Waals surface area contributed by atoms with Crippen LogP contribution in [0.1, 0.15) is 27.2 Å². The highest BCUT2D eigenvalue weighted by molar-refractivity contribution is 7.09. The fourth-order valence-electron chi connectivity index (χ4n) is 2.47. The molecule has 0 radical (unpaired) electrons. The first kappa shape index (κ1) is 16.0. The Bertz CT molecular complexity index is 674. The van der Waals surface area contributed by atoms with Gasteiger partial charge in [-0.15, -0.1) is 11.3 Å². The summed E-state index contributed by atoms with van der Waals surface area (Å²) in [6, 6.07) is 6.18. The molecule has 2 heterocycles. The van der Waals surface area contributed by atoms with Gasteiger partial charge in [0.1, 0.15) is 22.6 Å². The largest absolute Gasteiger partial charge is 0.378 e. The van der Waals surface area contributed by atoms with Crippen molar-refractivity contribution in [2.75, 3.05) is 26.8 Å². The average Bonchev–Trinajstić information content (AvgIpc) is 3.04. The van der Waals surface area contributed by atoms with E-state index in [9.17, 15) is 9.18 Å². The maximum atomic E-state index is 13.0. The van der Waals surface area contributed by atoms with Gasteiger partial charge in [0.15, 0.2) is 0 Å². The smallest absolute Gasteiger partial charge is 0.273 e. The summed E-state index contributed by atoms with van der Waals surface area (Å²) in [7, 11) is 1.60. The molecule has 1 saturated heterocycles. The molecule has 7 heteroatoms. The number of amides is 1. The third kappa shape index (κ3) is 3.74. The van der Waals surface area contributed by atoms with E-state index >= 15 is 0 Å². The molecule has 1 fully saturated rings. The molecule has 0 saturated carbocycles. The van der Waals surface area contributed by atoms with Crippen molar-refractivity contribution in [1.82, 2.24) is 9.88 Å². The molecule has 0 bridgehead atoms. The van der Waals surface area contributed by atoms with Crippen molar-refractivity contribution in [3.8, 4) is 0 Å². The van der Waals surface area contributed by atoms with Gasteiger partial charge < -0.3 is 14.4 Å². The number of rotatable bonds is 4. The zero-order chi connectivity index (χ0) is 16.2. The number of hydrogen-bond acceptors (Lipinski definition) is 5. The highest BCUT2D eigenvalue weighted by Crippen LogP contribution is 2.24. The molecule has 0 unspecified atom stereocenters. The second kappa shape index (κ2) is 7.16. The zero-order valence-electron chi connectivity index (χ0n) is 12.7. The Hall–Kier alpha value is -1.83. The number of halogens is 1. The first-order valence-electron chi connectivity index (χ1n) is 7.27. The number of hydrogen-bond donors (Lipinski definition) is 0. The molecule has 0 spiro atoms. The zero-order valence-corrected chi connectivity index (χ0v) is 13.5. The fourth-order valence-corrected chi connectivity index (χ4v) is 3.21. The number of benzene rings is 1. The van der Waals surface area contributed by atoms with Gasteiger partial charge >= 0.3 is 0 Å². The lowest BCUT2D eigenvalue weighted by Crippen LogP contribution is -2.42. The molecule has 1 aromatic carbocycles. The van der Waals surface area contributed by atoms with Gasteiger partial charge in [0.2, 0.25) is 0 Å². The summed E-state index contributed by atoms with van der Waals surface area (Å²) in [4.78, 5) is 18.6. The average molecular weight is 336 g/mol. The number of methoxy groups -OCH3 is 1. The first-order chi connectivity index (χ1) is 11.2. The number of aromatic nitrogens is 1. The van der Waals surface area contributed by atoms with E-state index in [1.807, 2.05) is 0 Å². The van der Waals surface area contributed by atoms with E-state index in [4.69, 9.17) is 9.47 Å². The van der Waals surface area contributed by atoms with Crippen molar-refractivity contribution in [3.05, 3.63) is 51.7 Å². The fraction of sp³-hybridized carbons (Fsp3) is 0.375. The van der Waals surface area contributed by atoms with E-state index in [1.54, 1.807) is 29.5 Å². The van der Waals surface area contributed by atoms with Crippen LogP contribution in [-0.4, -0.2) is 42.6 Å². The third-order valence-corrected chi connectivity index (χ3v) is 4.46. The lowest BCUT2D eigenvalue weighted by molar-refractivity contribution is -0.0230. The molecule has 23 heavy (non-hydrogen) atoms. The van der Waals surface area contributed by atoms with Gasteiger partial charge in [-0.1, -0.05) is 12.1 Å². The van der Waals surface area contributed by atoms with Crippen LogP contribution in [0, 0.1) is 5.82 Å². The molecule has 1 aliphatic rings. The van der Waals surface area contributed by atoms with E-state index in [-0.39, 0.29) is 17.8 Å². The monoisotopic (exact) mass is 336 g/mol. The van der Waals surface area contributed by atoms with Gasteiger partial charge in [0.25, 0.3) is 5.91 Å². The second-order valence-electron chi connectivity index (χ2n) is 5.22. The summed E-state index contributed by atoms with van der Waals surface area (Å²) >= 11 is 1.41. The molecule has 122 valence electrons. The van der Waals surface area contributed by atoms with Crippen molar-refractivity contribution in [2.24, 2.45) is 0 Å². The highest BCUT2D eigenvalue weighted by Gasteiger charge is 2.27. The number of carbonyl (C=O) groups is 1. The van der Waals surface area contributed by atoms with Crippen molar-refractivity contribution < 1.29 is 18.7 Å². The summed E-state index contributed by atoms with van der Waals surface area (Å²) in [5.74, 6) is -0.398. The van der Waals surface area contributed by atoms with E-state index < -0.39 is 0 Å². The number of carbonyl (C=O) groups excluding carboxylic acids is 1. The quantitative estimate of drug-likeness (QED) is 0.861. The summed E-state index contributed by atoms with van der Waals surface area (Å²) in [5, 5.41) is 2.53. The molecule has 1 aliphatic heterocycles. The molecule has 3 rings (SSSR count). The number of ether oxygens (including phenoxy) is 2. The Kier molecular flexibility index (Phi) is 5.00. The van der Waals surface area contributed by atoms with Crippen molar-refractivity contribution in [1.29, 1.82) is 0 Å². The van der Waals surface area contributed by atoms with Crippen LogP contribution in [-0.2, 0) is 16.1 Å². The second-order valence-corrected chi connectivity index (χ2v) is 6.16. The van der Waals surface area contributed by atoms with Crippen LogP contribution < -0.4 is 0 Å². The van der Waals surface area contributed by atoms with Crippen LogP contribution in [0.25, 0.3) is 0 Å². The third-order valence-electron chi connectivity index (χ3n) is 3.63. The first-order valence-corrected chi connectivity index (χ1v) is 8.15. The van der Waals surface area contributed by atoms with Crippen LogP contribution in [0.3, 0.4) is 0 Å². The molecular weight excluding hydrogens is 319 g/mol. The summed E-state index contributed by atoms with van der Waals surface area (Å²) in [6.45, 7) is 1.80. The van der Waals surface area contributed by atoms with E-state index in [1.165, 1.54) is 23.5 Å². The lowest BCUT2D eigenvalue weighted by atomic mass is 10.1. The minimum Gasteiger partial charge on any atom is -0.378 e. The maximum Gasteiger partial charge on any atom is 0.273 e. The van der Waals surface area contributed by atoms with E-state index in [2.05, 4.69) is 4.98 Å². The molecule has 0 N–H and O–H groups in total. The molecular formula is C16H17FN2O3S. The lowest BCUT2D eigenvalue weighted by Gasteiger charge is -2.32. The Balaban J connectivity index is 1.69. The normalized spacial score (nSPS) is 18.2. The molecule has 2 aromatic rings. The van der Waals surface area contributed by atoms with E-state index in [0.29, 0.717) is 32.0 Å². The van der Waals surface area contributed by atoms with Crippen LogP contribution in [0.2, 0.25) is 0 Å². The molecule has 1 aromatic heterocycles. The molecule has 1 amide bonds. The number of nitrogens with zero attached hydrogens (tertiary/aromatic N) is 2. The van der Waals surface area contributed by atoms with Crippen LogP contribution in [0.4, 0.5) is 4.39 Å². The van der Waals surface area contributed by atoms with Gasteiger partial charge in [-0.05, 0) is 17.7 Å². The summed E-state index contributed by atoms with van der Waals surface area (Å²) in [5.41, 5.74) is 1.30. The number of morpholine rings is 1. The summed E-state index contributed by atoms with van der Waals surface area (Å²) < 4.78 is 23.8. The van der Waals surface area contributed by atoms with Gasteiger partial charge in [0.05, 0.1) is 19.8 Å². The van der Waals surface area contributed by atoms with Crippen molar-refractivity contribution in [3.63, 3.8) is 0 Å². The predicted octanol–water partition coefficient (Wildman–Crippen LogP) is 2.64. The van der Waals surface area contributed by atoms with Crippen molar-refractivity contribution >= 4 is 17.2 Å². The minimum absolute atomic E-state index is 0.112. The number of thiazole rings is 1. The summed E-state index contributed by atoms with van der Waals surface area (Å²) in [6.07, 6.45) is -0.245. The van der Waals surface area contributed by atoms with Crippen LogP contribution >= 0.6 is 11.3 Å². The topological polar surface area (TPSA) is 51.7 Å².